The van der Waals surface area contributed by atoms with Gasteiger partial charge < -0.3 is 5.73 Å². The van der Waals surface area contributed by atoms with Crippen molar-refractivity contribution in [3.8, 4) is 11.8 Å². The van der Waals surface area contributed by atoms with E-state index in [-0.39, 0.29) is 4.90 Å². The summed E-state index contributed by atoms with van der Waals surface area (Å²) in [4.78, 5) is 10.3. The van der Waals surface area contributed by atoms with E-state index in [9.17, 15) is 13.2 Å². The van der Waals surface area contributed by atoms with Crippen LogP contribution in [0.1, 0.15) is 5.56 Å². The summed E-state index contributed by atoms with van der Waals surface area (Å²) in [6.07, 6.45) is 0. The molecule has 0 radical (unpaired) electrons. The molecule has 78 valence electrons. The van der Waals surface area contributed by atoms with E-state index in [2.05, 4.69) is 11.8 Å². The van der Waals surface area contributed by atoms with Gasteiger partial charge in [-0.3, -0.25) is 4.79 Å². The van der Waals surface area contributed by atoms with Crippen molar-refractivity contribution in [1.29, 1.82) is 0 Å². The zero-order valence-corrected chi connectivity index (χ0v) is 8.41. The second-order valence-corrected chi connectivity index (χ2v) is 4.25. The summed E-state index contributed by atoms with van der Waals surface area (Å²) in [7, 11) is -3.75. The van der Waals surface area contributed by atoms with Gasteiger partial charge in [-0.2, -0.15) is 0 Å². The second-order valence-electron chi connectivity index (χ2n) is 2.69. The lowest BCUT2D eigenvalue weighted by Gasteiger charge is -1.97. The zero-order valence-electron chi connectivity index (χ0n) is 7.60. The van der Waals surface area contributed by atoms with Crippen molar-refractivity contribution >= 4 is 15.9 Å². The van der Waals surface area contributed by atoms with E-state index in [1.807, 2.05) is 0 Å². The van der Waals surface area contributed by atoms with E-state index in [0.717, 1.165) is 0 Å². The first-order valence-electron chi connectivity index (χ1n) is 3.84. The second kappa shape index (κ2) is 4.13. The Balaban J connectivity index is 3.17. The fourth-order valence-electron chi connectivity index (χ4n) is 0.885. The number of nitrogens with two attached hydrogens (primary N) is 2. The van der Waals surface area contributed by atoms with Crippen molar-refractivity contribution in [1.82, 2.24) is 0 Å². The van der Waals surface area contributed by atoms with Gasteiger partial charge in [0.1, 0.15) is 0 Å². The molecule has 0 aromatic heterocycles. The minimum Gasteiger partial charge on any atom is -0.359 e. The van der Waals surface area contributed by atoms with Crippen LogP contribution in [-0.2, 0) is 14.8 Å². The highest BCUT2D eigenvalue weighted by molar-refractivity contribution is 7.89. The van der Waals surface area contributed by atoms with Gasteiger partial charge in [0.05, 0.1) is 4.90 Å². The van der Waals surface area contributed by atoms with Gasteiger partial charge in [-0.15, -0.1) is 0 Å². The Bertz CT molecular complexity index is 552. The summed E-state index contributed by atoms with van der Waals surface area (Å²) >= 11 is 0. The van der Waals surface area contributed by atoms with E-state index in [4.69, 9.17) is 10.9 Å². The number of benzene rings is 1. The van der Waals surface area contributed by atoms with Crippen molar-refractivity contribution in [2.45, 2.75) is 4.90 Å². The van der Waals surface area contributed by atoms with E-state index >= 15 is 0 Å². The molecule has 4 N–H and O–H groups in total. The predicted molar refractivity (Wildman–Crippen MR) is 53.9 cm³/mol. The number of amides is 1. The standard InChI is InChI=1S/C9H8N2O3S/c10-9(12)5-4-7-2-1-3-8(6-7)15(11,13)14/h1-3,6H,(H2,10,12)(H2,11,13,14). The van der Waals surface area contributed by atoms with Crippen LogP contribution in [0.15, 0.2) is 29.2 Å². The third-order valence-electron chi connectivity index (χ3n) is 1.49. The molecule has 0 aliphatic carbocycles. The molecule has 0 aliphatic rings. The Morgan fingerprint density at radius 2 is 2.00 bits per heavy atom. The number of hydrogen-bond donors (Lipinski definition) is 2. The molecular formula is C9H8N2O3S. The highest BCUT2D eigenvalue weighted by Gasteiger charge is 2.06. The quantitative estimate of drug-likeness (QED) is 0.608. The van der Waals surface area contributed by atoms with Gasteiger partial charge in [-0.05, 0) is 24.1 Å². The zero-order chi connectivity index (χ0) is 11.5. The lowest BCUT2D eigenvalue weighted by atomic mass is 10.2. The number of sulfonamides is 1. The predicted octanol–water partition coefficient (Wildman–Crippen LogP) is -0.829. The van der Waals surface area contributed by atoms with Crippen LogP contribution in [0.3, 0.4) is 0 Å². The van der Waals surface area contributed by atoms with Crippen LogP contribution in [0.2, 0.25) is 0 Å². The molecule has 1 amide bonds. The van der Waals surface area contributed by atoms with Gasteiger partial charge >= 0.3 is 0 Å². The Labute approximate surface area is 87.1 Å². The summed E-state index contributed by atoms with van der Waals surface area (Å²) in [6, 6.07) is 5.63. The van der Waals surface area contributed by atoms with Gasteiger partial charge in [0.15, 0.2) is 0 Å². The molecular weight excluding hydrogens is 216 g/mol. The maximum Gasteiger partial charge on any atom is 0.293 e. The average Bonchev–Trinajstić information content (AvgIpc) is 2.14. The van der Waals surface area contributed by atoms with Gasteiger partial charge in [0.25, 0.3) is 5.91 Å². The number of hydrogen-bond acceptors (Lipinski definition) is 3. The summed E-state index contributed by atoms with van der Waals surface area (Å²) in [5.74, 6) is 3.72. The third kappa shape index (κ3) is 3.42. The van der Waals surface area contributed by atoms with Crippen LogP contribution >= 0.6 is 0 Å². The maximum atomic E-state index is 11.0. The minimum absolute atomic E-state index is 0.0567. The number of carbonyl (C=O) groups excluding carboxylic acids is 1. The van der Waals surface area contributed by atoms with Gasteiger partial charge in [0.2, 0.25) is 10.0 Å². The first kappa shape index (κ1) is 11.2. The molecule has 1 aromatic carbocycles. The molecule has 0 spiro atoms. The molecule has 6 heteroatoms. The van der Waals surface area contributed by atoms with E-state index in [1.165, 1.54) is 18.2 Å². The lowest BCUT2D eigenvalue weighted by Crippen LogP contribution is -2.12. The third-order valence-corrected chi connectivity index (χ3v) is 2.40. The summed E-state index contributed by atoms with van der Waals surface area (Å²) in [5.41, 5.74) is 5.17. The minimum atomic E-state index is -3.75. The molecule has 0 unspecified atom stereocenters. The molecule has 0 saturated heterocycles. The van der Waals surface area contributed by atoms with Crippen LogP contribution in [0, 0.1) is 11.8 Å². The maximum absolute atomic E-state index is 11.0. The van der Waals surface area contributed by atoms with Crippen molar-refractivity contribution in [3.05, 3.63) is 29.8 Å². The number of rotatable bonds is 1. The first-order valence-corrected chi connectivity index (χ1v) is 5.38. The Morgan fingerprint density at radius 3 is 2.53 bits per heavy atom. The van der Waals surface area contributed by atoms with Crippen molar-refractivity contribution in [3.63, 3.8) is 0 Å². The summed E-state index contributed by atoms with van der Waals surface area (Å²) in [5, 5.41) is 4.91. The Morgan fingerprint density at radius 1 is 1.33 bits per heavy atom. The van der Waals surface area contributed by atoms with Crippen molar-refractivity contribution < 1.29 is 13.2 Å². The fraction of sp³-hybridized carbons (Fsp3) is 0. The molecule has 0 atom stereocenters. The van der Waals surface area contributed by atoms with Gasteiger partial charge in [-0.1, -0.05) is 12.0 Å². The molecule has 0 fully saturated rings. The van der Waals surface area contributed by atoms with Gasteiger partial charge in [0, 0.05) is 5.56 Å². The molecule has 0 saturated carbocycles. The number of primary sulfonamides is 1. The van der Waals surface area contributed by atoms with Crippen molar-refractivity contribution in [2.24, 2.45) is 10.9 Å². The number of primary amides is 1. The molecule has 0 heterocycles. The topological polar surface area (TPSA) is 103 Å². The monoisotopic (exact) mass is 224 g/mol. The van der Waals surface area contributed by atoms with E-state index in [1.54, 1.807) is 6.07 Å². The summed E-state index contributed by atoms with van der Waals surface area (Å²) < 4.78 is 21.9. The smallest absolute Gasteiger partial charge is 0.293 e. The highest BCUT2D eigenvalue weighted by atomic mass is 32.2. The molecule has 5 nitrogen and oxygen atoms in total. The van der Waals surface area contributed by atoms with Crippen molar-refractivity contribution in [2.75, 3.05) is 0 Å². The van der Waals surface area contributed by atoms with E-state index in [0.29, 0.717) is 5.56 Å². The Kier molecular flexibility index (Phi) is 3.09. The van der Waals surface area contributed by atoms with Crippen LogP contribution in [-0.4, -0.2) is 14.3 Å². The average molecular weight is 224 g/mol. The fourth-order valence-corrected chi connectivity index (χ4v) is 1.44. The highest BCUT2D eigenvalue weighted by Crippen LogP contribution is 2.08. The molecule has 1 aromatic rings. The van der Waals surface area contributed by atoms with Gasteiger partial charge in [-0.25, -0.2) is 13.6 Å². The Hall–Kier alpha value is -1.84. The molecule has 0 bridgehead atoms. The molecule has 1 rings (SSSR count). The molecule has 15 heavy (non-hydrogen) atoms. The molecule has 0 aliphatic heterocycles. The van der Waals surface area contributed by atoms with Crippen LogP contribution < -0.4 is 10.9 Å². The lowest BCUT2D eigenvalue weighted by molar-refractivity contribution is -0.112. The number of carbonyl (C=O) groups is 1. The van der Waals surface area contributed by atoms with Crippen LogP contribution in [0.25, 0.3) is 0 Å². The first-order chi connectivity index (χ1) is 6.89. The summed E-state index contributed by atoms with van der Waals surface area (Å²) in [6.45, 7) is 0. The van der Waals surface area contributed by atoms with E-state index < -0.39 is 15.9 Å². The van der Waals surface area contributed by atoms with Crippen LogP contribution in [0.5, 0.6) is 0 Å². The normalized spacial score (nSPS) is 10.2. The largest absolute Gasteiger partial charge is 0.359 e. The SMILES string of the molecule is NC(=O)C#Cc1cccc(S(N)(=O)=O)c1. The van der Waals surface area contributed by atoms with Crippen LogP contribution in [0.4, 0.5) is 0 Å².